The maximum Gasteiger partial charge on any atom is 0.227 e. The van der Waals surface area contributed by atoms with Crippen molar-refractivity contribution in [2.75, 3.05) is 0 Å². The van der Waals surface area contributed by atoms with Crippen LogP contribution in [0.5, 0.6) is 0 Å². The van der Waals surface area contributed by atoms with E-state index in [1.807, 2.05) is 50.5 Å². The highest BCUT2D eigenvalue weighted by atomic mass is 16.3. The Kier molecular flexibility index (Phi) is 12.0. The number of aryl methyl sites for hydroxylation is 6. The van der Waals surface area contributed by atoms with Crippen molar-refractivity contribution >= 4 is 44.1 Å². The van der Waals surface area contributed by atoms with Crippen molar-refractivity contribution in [2.45, 2.75) is 90.9 Å². The van der Waals surface area contributed by atoms with E-state index in [4.69, 9.17) is 28.8 Å². The summed E-state index contributed by atoms with van der Waals surface area (Å²) in [6.07, 6.45) is 19.6. The van der Waals surface area contributed by atoms with E-state index in [-0.39, 0.29) is 0 Å². The van der Waals surface area contributed by atoms with Crippen molar-refractivity contribution in [1.29, 1.82) is 0 Å². The van der Waals surface area contributed by atoms with Crippen LogP contribution in [-0.2, 0) is 25.7 Å². The molecule has 0 aliphatic heterocycles. The van der Waals surface area contributed by atoms with Gasteiger partial charge in [-0.1, -0.05) is 98.5 Å². The Balaban J connectivity index is 0.657. The molecule has 10 aromatic rings. The van der Waals surface area contributed by atoms with Gasteiger partial charge in [-0.05, 0) is 136 Å². The highest BCUT2D eigenvalue weighted by Crippen LogP contribution is 2.37. The van der Waals surface area contributed by atoms with Crippen LogP contribution in [0.3, 0.4) is 0 Å². The summed E-state index contributed by atoms with van der Waals surface area (Å²) < 4.78 is 12.6. The average Bonchev–Trinajstić information content (AvgIpc) is 3.90. The molecule has 0 bridgehead atoms. The molecule has 0 spiro atoms. The summed E-state index contributed by atoms with van der Waals surface area (Å²) in [5, 5.41) is 4.35. The van der Waals surface area contributed by atoms with Gasteiger partial charge in [0.25, 0.3) is 0 Å². The fourth-order valence-corrected chi connectivity index (χ4v) is 9.16. The summed E-state index contributed by atoms with van der Waals surface area (Å²) in [6, 6.07) is 42.7. The molecule has 0 atom stereocenters. The number of unbranched alkanes of at least 4 members (excludes halogenated alkanes) is 6. The lowest BCUT2D eigenvalue weighted by Gasteiger charge is -2.08. The molecule has 0 unspecified atom stereocenters. The Morgan fingerprint density at radius 1 is 0.438 bits per heavy atom. The summed E-state index contributed by atoms with van der Waals surface area (Å²) in [7, 11) is 0. The minimum Gasteiger partial charge on any atom is -0.437 e. The second-order valence-electron chi connectivity index (χ2n) is 17.3. The molecule has 0 saturated carbocycles. The molecule has 0 radical (unpaired) electrons. The summed E-state index contributed by atoms with van der Waals surface area (Å²) in [5.41, 5.74) is 16.3. The van der Waals surface area contributed by atoms with Crippen molar-refractivity contribution in [1.82, 2.24) is 24.9 Å². The monoisotopic (exact) mass is 839 g/mol. The molecule has 3 aromatic carbocycles. The van der Waals surface area contributed by atoms with Crippen molar-refractivity contribution in [2.24, 2.45) is 0 Å². The van der Waals surface area contributed by atoms with Gasteiger partial charge in [-0.3, -0.25) is 15.0 Å². The summed E-state index contributed by atoms with van der Waals surface area (Å²) in [5.74, 6) is 0. The van der Waals surface area contributed by atoms with Crippen molar-refractivity contribution < 1.29 is 8.83 Å². The van der Waals surface area contributed by atoms with Gasteiger partial charge < -0.3 is 8.83 Å². The van der Waals surface area contributed by atoms with Crippen LogP contribution >= 0.6 is 0 Å². The number of rotatable bonds is 17. The molecule has 10 rings (SSSR count). The van der Waals surface area contributed by atoms with Crippen molar-refractivity contribution in [3.8, 4) is 33.8 Å². The minimum absolute atomic E-state index is 0.680. The lowest BCUT2D eigenvalue weighted by Crippen LogP contribution is -1.93. The van der Waals surface area contributed by atoms with Crippen LogP contribution < -0.4 is 0 Å². The number of pyridine rings is 5. The van der Waals surface area contributed by atoms with Crippen molar-refractivity contribution in [3.05, 3.63) is 174 Å². The summed E-state index contributed by atoms with van der Waals surface area (Å²) in [4.78, 5) is 23.8. The van der Waals surface area contributed by atoms with Gasteiger partial charge in [0.2, 0.25) is 11.4 Å². The zero-order valence-electron chi connectivity index (χ0n) is 36.8. The van der Waals surface area contributed by atoms with Crippen LogP contribution in [0.1, 0.15) is 85.0 Å². The SMILES string of the molecule is Cc1ccc2c(n1)oc1c(-c3ccc(CCCCCCc4ccnc(-c5ccc(CCCCCCc6cnc(-c7ccccc7)c7oc8nc(C)ccc8c67)cc5)c4)cn3)cccc12. The predicted molar refractivity (Wildman–Crippen MR) is 260 cm³/mol. The van der Waals surface area contributed by atoms with Crippen LogP contribution in [0.15, 0.2) is 149 Å². The molecule has 0 saturated heterocycles. The second-order valence-corrected chi connectivity index (χ2v) is 17.3. The molecule has 0 amide bonds. The molecule has 7 nitrogen and oxygen atoms in total. The van der Waals surface area contributed by atoms with E-state index >= 15 is 0 Å². The molecule has 7 heterocycles. The largest absolute Gasteiger partial charge is 0.437 e. The van der Waals surface area contributed by atoms with Gasteiger partial charge in [0.05, 0.1) is 11.4 Å². The number of hydrogen-bond donors (Lipinski definition) is 0. The molecular formula is C57H53N5O2. The highest BCUT2D eigenvalue weighted by Gasteiger charge is 2.19. The Morgan fingerprint density at radius 2 is 1.11 bits per heavy atom. The van der Waals surface area contributed by atoms with Gasteiger partial charge in [-0.25, -0.2) is 9.97 Å². The van der Waals surface area contributed by atoms with E-state index < -0.39 is 0 Å². The molecule has 7 heteroatoms. The first-order valence-electron chi connectivity index (χ1n) is 23.1. The molecule has 0 aliphatic carbocycles. The molecule has 0 aliphatic rings. The van der Waals surface area contributed by atoms with Crippen LogP contribution in [0.4, 0.5) is 0 Å². The maximum absolute atomic E-state index is 6.38. The van der Waals surface area contributed by atoms with Crippen LogP contribution in [0.25, 0.3) is 77.9 Å². The summed E-state index contributed by atoms with van der Waals surface area (Å²) >= 11 is 0. The van der Waals surface area contributed by atoms with E-state index in [0.717, 1.165) is 111 Å². The van der Waals surface area contributed by atoms with Gasteiger partial charge in [0.1, 0.15) is 11.3 Å². The highest BCUT2D eigenvalue weighted by molar-refractivity contribution is 6.10. The normalized spacial score (nSPS) is 11.7. The number of hydrogen-bond acceptors (Lipinski definition) is 7. The fraction of sp³-hybridized carbons (Fsp3) is 0.246. The Hall–Kier alpha value is -6.99. The topological polar surface area (TPSA) is 90.7 Å². The number of nitrogens with zero attached hydrogens (tertiary/aromatic N) is 5. The molecule has 7 aromatic heterocycles. The molecule has 318 valence electrons. The molecular weight excluding hydrogens is 787 g/mol. The lowest BCUT2D eigenvalue weighted by molar-refractivity contribution is 0.639. The Bertz CT molecular complexity index is 3190. The van der Waals surface area contributed by atoms with Crippen LogP contribution in [-0.4, -0.2) is 24.9 Å². The zero-order valence-corrected chi connectivity index (χ0v) is 36.8. The van der Waals surface area contributed by atoms with Gasteiger partial charge in [-0.2, -0.15) is 0 Å². The standard InChI is InChI=1S/C57H53N5O2/c1-38-23-30-47-46-21-14-22-48(54(46)63-56(47)61-38)50-32-27-42(36-59-50)17-10-4-3-9-16-41-33-34-58-51(35-41)43-28-25-40(26-29-43)15-8-5-6-11-20-45-37-60-53(44-18-12-7-13-19-44)55-52(45)49-31-24-39(2)62-57(49)64-55/h7,12-14,18-19,21-37H,3-6,8-11,15-17,20H2,1-2H3. The van der Waals surface area contributed by atoms with Gasteiger partial charge in [-0.15, -0.1) is 0 Å². The van der Waals surface area contributed by atoms with Crippen LogP contribution in [0.2, 0.25) is 0 Å². The molecule has 64 heavy (non-hydrogen) atoms. The zero-order chi connectivity index (χ0) is 43.2. The fourth-order valence-electron chi connectivity index (χ4n) is 9.16. The van der Waals surface area contributed by atoms with Crippen molar-refractivity contribution in [3.63, 3.8) is 0 Å². The second kappa shape index (κ2) is 18.8. The van der Waals surface area contributed by atoms with E-state index in [0.29, 0.717) is 11.4 Å². The van der Waals surface area contributed by atoms with Gasteiger partial charge in [0, 0.05) is 68.2 Å². The number of benzene rings is 3. The summed E-state index contributed by atoms with van der Waals surface area (Å²) in [6.45, 7) is 3.99. The first kappa shape index (κ1) is 41.0. The smallest absolute Gasteiger partial charge is 0.227 e. The third-order valence-corrected chi connectivity index (χ3v) is 12.6. The maximum atomic E-state index is 6.38. The Morgan fingerprint density at radius 3 is 1.86 bits per heavy atom. The van der Waals surface area contributed by atoms with Gasteiger partial charge in [0.15, 0.2) is 5.58 Å². The van der Waals surface area contributed by atoms with E-state index in [2.05, 4.69) is 108 Å². The quantitative estimate of drug-likeness (QED) is 0.0843. The third kappa shape index (κ3) is 8.94. The number of para-hydroxylation sites is 1. The van der Waals surface area contributed by atoms with E-state index in [1.54, 1.807) is 0 Å². The number of fused-ring (bicyclic) bond motifs is 6. The average molecular weight is 840 g/mol. The van der Waals surface area contributed by atoms with Crippen LogP contribution in [0, 0.1) is 13.8 Å². The van der Waals surface area contributed by atoms with E-state index in [1.165, 1.54) is 66.3 Å². The van der Waals surface area contributed by atoms with Gasteiger partial charge >= 0.3 is 0 Å². The Labute approximate surface area is 374 Å². The number of furan rings is 2. The number of aromatic nitrogens is 5. The third-order valence-electron chi connectivity index (χ3n) is 12.6. The first-order valence-corrected chi connectivity index (χ1v) is 23.1. The predicted octanol–water partition coefficient (Wildman–Crippen LogP) is 14.8. The molecule has 0 N–H and O–H groups in total. The minimum atomic E-state index is 0.680. The lowest BCUT2D eigenvalue weighted by atomic mass is 9.99. The molecule has 0 fully saturated rings. The first-order chi connectivity index (χ1) is 31.5. The van der Waals surface area contributed by atoms with E-state index in [9.17, 15) is 0 Å².